The van der Waals surface area contributed by atoms with Crippen molar-refractivity contribution in [1.29, 1.82) is 0 Å². The van der Waals surface area contributed by atoms with Crippen LogP contribution in [0.1, 0.15) is 19.3 Å². The molecule has 2 rings (SSSR count). The minimum absolute atomic E-state index is 0. The molecule has 1 aromatic carbocycles. The third-order valence-electron chi connectivity index (χ3n) is 3.09. The monoisotopic (exact) mass is 354 g/mol. The average Bonchev–Trinajstić information content (AvgIpc) is 2.24. The number of nitrogens with one attached hydrogen (secondary N) is 1. The van der Waals surface area contributed by atoms with Gasteiger partial charge in [-0.2, -0.15) is 0 Å². The van der Waals surface area contributed by atoms with E-state index in [1.165, 1.54) is 0 Å². The third-order valence-corrected chi connectivity index (χ3v) is 5.03. The Balaban J connectivity index is 0.00000162. The first-order valence-corrected chi connectivity index (χ1v) is 7.73. The van der Waals surface area contributed by atoms with Crippen molar-refractivity contribution in [3.8, 4) is 0 Å². The second kappa shape index (κ2) is 5.88. The third kappa shape index (κ3) is 3.68. The highest BCUT2D eigenvalue weighted by Gasteiger charge is 2.33. The van der Waals surface area contributed by atoms with Crippen LogP contribution < -0.4 is 10.5 Å². The minimum atomic E-state index is -3.44. The van der Waals surface area contributed by atoms with Crippen molar-refractivity contribution in [3.05, 3.63) is 28.7 Å². The van der Waals surface area contributed by atoms with Crippen molar-refractivity contribution in [2.75, 3.05) is 6.54 Å². The highest BCUT2D eigenvalue weighted by Crippen LogP contribution is 2.28. The van der Waals surface area contributed by atoms with Gasteiger partial charge in [-0.15, -0.1) is 12.4 Å². The molecule has 1 aliphatic rings. The van der Waals surface area contributed by atoms with Crippen molar-refractivity contribution < 1.29 is 8.42 Å². The van der Waals surface area contributed by atoms with Crippen LogP contribution in [0, 0.1) is 0 Å². The van der Waals surface area contributed by atoms with Crippen LogP contribution in [0.15, 0.2) is 33.6 Å². The fourth-order valence-corrected chi connectivity index (χ4v) is 3.15. The molecule has 0 spiro atoms. The lowest BCUT2D eigenvalue weighted by Crippen LogP contribution is -2.54. The molecule has 3 N–H and O–H groups in total. The van der Waals surface area contributed by atoms with E-state index in [2.05, 4.69) is 20.7 Å². The second-order valence-electron chi connectivity index (χ2n) is 4.49. The molecule has 0 aliphatic heterocycles. The standard InChI is InChI=1S/C11H15BrN2O2S.ClH/c12-9-2-4-10(5-3-9)17(15,16)14-8-11(13)6-1-7-11;/h2-5,14H,1,6-8,13H2;1H. The van der Waals surface area contributed by atoms with Crippen LogP contribution >= 0.6 is 28.3 Å². The molecule has 1 fully saturated rings. The molecule has 1 saturated carbocycles. The van der Waals surface area contributed by atoms with Crippen LogP contribution in [0.5, 0.6) is 0 Å². The van der Waals surface area contributed by atoms with Crippen molar-refractivity contribution in [2.45, 2.75) is 29.7 Å². The van der Waals surface area contributed by atoms with E-state index in [0.29, 0.717) is 6.54 Å². The Morgan fingerprint density at radius 2 is 1.83 bits per heavy atom. The van der Waals surface area contributed by atoms with E-state index in [1.54, 1.807) is 24.3 Å². The van der Waals surface area contributed by atoms with E-state index >= 15 is 0 Å². The maximum Gasteiger partial charge on any atom is 0.240 e. The number of halogens is 2. The second-order valence-corrected chi connectivity index (χ2v) is 7.18. The first kappa shape index (κ1) is 15.9. The molecular weight excluding hydrogens is 340 g/mol. The Labute approximate surface area is 122 Å². The predicted molar refractivity (Wildman–Crippen MR) is 77.3 cm³/mol. The lowest BCUT2D eigenvalue weighted by Gasteiger charge is -2.37. The molecule has 102 valence electrons. The molecule has 0 atom stereocenters. The summed E-state index contributed by atoms with van der Waals surface area (Å²) in [6.07, 6.45) is 2.85. The number of hydrogen-bond donors (Lipinski definition) is 2. The molecule has 0 amide bonds. The molecule has 0 radical (unpaired) electrons. The van der Waals surface area contributed by atoms with Crippen molar-refractivity contribution in [3.63, 3.8) is 0 Å². The van der Waals surface area contributed by atoms with Gasteiger partial charge in [-0.3, -0.25) is 0 Å². The summed E-state index contributed by atoms with van der Waals surface area (Å²) >= 11 is 3.27. The van der Waals surface area contributed by atoms with Gasteiger partial charge in [0.05, 0.1) is 4.90 Å². The van der Waals surface area contributed by atoms with Gasteiger partial charge < -0.3 is 5.73 Å². The van der Waals surface area contributed by atoms with Crippen LogP contribution in [0.3, 0.4) is 0 Å². The molecule has 0 unspecified atom stereocenters. The minimum Gasteiger partial charge on any atom is -0.324 e. The first-order valence-electron chi connectivity index (χ1n) is 5.45. The largest absolute Gasteiger partial charge is 0.324 e. The van der Waals surface area contributed by atoms with Crippen LogP contribution in [0.25, 0.3) is 0 Å². The van der Waals surface area contributed by atoms with Gasteiger partial charge in [0.15, 0.2) is 0 Å². The highest BCUT2D eigenvalue weighted by atomic mass is 79.9. The van der Waals surface area contributed by atoms with Crippen molar-refractivity contribution in [2.24, 2.45) is 5.73 Å². The Hall–Kier alpha value is -0.140. The van der Waals surface area contributed by atoms with Gasteiger partial charge >= 0.3 is 0 Å². The number of rotatable bonds is 4. The predicted octanol–water partition coefficient (Wildman–Crippen LogP) is 2.03. The van der Waals surface area contributed by atoms with Gasteiger partial charge in [-0.1, -0.05) is 15.9 Å². The number of benzene rings is 1. The van der Waals surface area contributed by atoms with Crippen LogP contribution in [-0.4, -0.2) is 20.5 Å². The van der Waals surface area contributed by atoms with Gasteiger partial charge in [-0.05, 0) is 43.5 Å². The quantitative estimate of drug-likeness (QED) is 0.868. The zero-order chi connectivity index (χ0) is 12.5. The molecular formula is C11H16BrClN2O2S. The first-order chi connectivity index (χ1) is 7.91. The van der Waals surface area contributed by atoms with E-state index < -0.39 is 10.0 Å². The fourth-order valence-electron chi connectivity index (χ4n) is 1.74. The van der Waals surface area contributed by atoms with Gasteiger partial charge in [0, 0.05) is 16.6 Å². The average molecular weight is 356 g/mol. The lowest BCUT2D eigenvalue weighted by atomic mass is 9.78. The Bertz CT molecular complexity index is 500. The van der Waals surface area contributed by atoms with Crippen LogP contribution in [0.2, 0.25) is 0 Å². The summed E-state index contributed by atoms with van der Waals surface area (Å²) in [7, 11) is -3.44. The topological polar surface area (TPSA) is 72.2 Å². The summed E-state index contributed by atoms with van der Waals surface area (Å²) in [5.41, 5.74) is 5.63. The number of sulfonamides is 1. The smallest absolute Gasteiger partial charge is 0.240 e. The molecule has 0 heterocycles. The van der Waals surface area contributed by atoms with Gasteiger partial charge in [0.2, 0.25) is 10.0 Å². The van der Waals surface area contributed by atoms with Gasteiger partial charge in [0.25, 0.3) is 0 Å². The molecule has 0 saturated heterocycles. The Kier molecular flexibility index (Phi) is 5.20. The van der Waals surface area contributed by atoms with E-state index in [0.717, 1.165) is 23.7 Å². The SMILES string of the molecule is Cl.NC1(CNS(=O)(=O)c2ccc(Br)cc2)CCC1. The van der Waals surface area contributed by atoms with Crippen molar-refractivity contribution >= 4 is 38.4 Å². The van der Waals surface area contributed by atoms with E-state index in [9.17, 15) is 8.42 Å². The van der Waals surface area contributed by atoms with E-state index in [1.807, 2.05) is 0 Å². The molecule has 1 aromatic rings. The molecule has 7 heteroatoms. The molecule has 0 bridgehead atoms. The maximum absolute atomic E-state index is 11.9. The highest BCUT2D eigenvalue weighted by molar-refractivity contribution is 9.10. The summed E-state index contributed by atoms with van der Waals surface area (Å²) in [4.78, 5) is 0.267. The Morgan fingerprint density at radius 1 is 1.28 bits per heavy atom. The zero-order valence-electron chi connectivity index (χ0n) is 9.73. The normalized spacial score (nSPS) is 17.7. The summed E-state index contributed by atoms with van der Waals surface area (Å²) in [6, 6.07) is 6.54. The summed E-state index contributed by atoms with van der Waals surface area (Å²) in [5.74, 6) is 0. The Morgan fingerprint density at radius 3 is 2.28 bits per heavy atom. The van der Waals surface area contributed by atoms with Crippen LogP contribution in [-0.2, 0) is 10.0 Å². The van der Waals surface area contributed by atoms with E-state index in [4.69, 9.17) is 5.73 Å². The lowest BCUT2D eigenvalue weighted by molar-refractivity contribution is 0.251. The summed E-state index contributed by atoms with van der Waals surface area (Å²) < 4.78 is 27.3. The zero-order valence-corrected chi connectivity index (χ0v) is 12.9. The molecule has 4 nitrogen and oxygen atoms in total. The van der Waals surface area contributed by atoms with Gasteiger partial charge in [-0.25, -0.2) is 13.1 Å². The summed E-state index contributed by atoms with van der Waals surface area (Å²) in [6.45, 7) is 0.311. The number of hydrogen-bond acceptors (Lipinski definition) is 3. The number of nitrogens with two attached hydrogens (primary N) is 1. The molecule has 18 heavy (non-hydrogen) atoms. The van der Waals surface area contributed by atoms with Crippen molar-refractivity contribution in [1.82, 2.24) is 4.72 Å². The van der Waals surface area contributed by atoms with Gasteiger partial charge in [0.1, 0.15) is 0 Å². The maximum atomic E-state index is 11.9. The van der Waals surface area contributed by atoms with E-state index in [-0.39, 0.29) is 22.8 Å². The van der Waals surface area contributed by atoms with Crippen LogP contribution in [0.4, 0.5) is 0 Å². The molecule has 1 aliphatic carbocycles. The fraction of sp³-hybridized carbons (Fsp3) is 0.455. The molecule has 0 aromatic heterocycles. The summed E-state index contributed by atoms with van der Waals surface area (Å²) in [5, 5.41) is 0.